The third-order valence-electron chi connectivity index (χ3n) is 4.14. The molecule has 0 aliphatic heterocycles. The van der Waals surface area contributed by atoms with Gasteiger partial charge in [0.05, 0.1) is 25.5 Å². The summed E-state index contributed by atoms with van der Waals surface area (Å²) >= 11 is 0. The number of carbonyl (C=O) groups excluding carboxylic acids is 1. The zero-order chi connectivity index (χ0) is 17.1. The molecule has 0 saturated heterocycles. The first kappa shape index (κ1) is 16.1. The Bertz CT molecular complexity index is 748. The molecule has 0 aromatic carbocycles. The summed E-state index contributed by atoms with van der Waals surface area (Å²) in [6.07, 6.45) is 4.86. The van der Waals surface area contributed by atoms with E-state index < -0.39 is 5.91 Å². The number of hydrogen-bond donors (Lipinski definition) is 3. The van der Waals surface area contributed by atoms with Crippen molar-refractivity contribution in [2.45, 2.75) is 25.0 Å². The molecule has 3 N–H and O–H groups in total. The Kier molecular flexibility index (Phi) is 4.57. The molecule has 1 fully saturated rings. The Morgan fingerprint density at radius 2 is 2.17 bits per heavy atom. The van der Waals surface area contributed by atoms with Gasteiger partial charge in [-0.3, -0.25) is 9.59 Å². The molecule has 8 nitrogen and oxygen atoms in total. The summed E-state index contributed by atoms with van der Waals surface area (Å²) in [6.45, 7) is 0. The number of aromatic nitrogens is 3. The second-order valence-corrected chi connectivity index (χ2v) is 5.77. The van der Waals surface area contributed by atoms with Gasteiger partial charge < -0.3 is 20.1 Å². The molecule has 2 aromatic rings. The zero-order valence-electron chi connectivity index (χ0n) is 13.1. The predicted molar refractivity (Wildman–Crippen MR) is 84.6 cm³/mol. The van der Waals surface area contributed by atoms with Crippen molar-refractivity contribution in [1.82, 2.24) is 20.3 Å². The van der Waals surface area contributed by atoms with E-state index in [4.69, 9.17) is 4.74 Å². The smallest absolute Gasteiger partial charge is 0.271 e. The Hall–Kier alpha value is -2.74. The van der Waals surface area contributed by atoms with Crippen LogP contribution in [0.2, 0.25) is 0 Å². The van der Waals surface area contributed by atoms with Crippen LogP contribution in [0.5, 0.6) is 5.88 Å². The molecule has 0 radical (unpaired) electrons. The molecule has 3 rings (SSSR count). The Morgan fingerprint density at radius 1 is 1.38 bits per heavy atom. The fourth-order valence-electron chi connectivity index (χ4n) is 2.75. The van der Waals surface area contributed by atoms with Crippen molar-refractivity contribution in [1.29, 1.82) is 0 Å². The minimum atomic E-state index is -0.395. The summed E-state index contributed by atoms with van der Waals surface area (Å²) in [5, 5.41) is 12.5. The standard InChI is InChI=1S/C16H18N4O4/c1-24-14-3-2-9(6-19-14)15(10-4-11(21)5-10)20-16(23)12-7-18-13(22)8-17-12/h2-3,6-8,10-11,15,21H,4-5H2,1H3,(H,18,22)(H,20,23)/t10?,11?,15-/m1/s1. The molecule has 1 atom stereocenters. The molecule has 1 aliphatic rings. The molecule has 0 unspecified atom stereocenters. The lowest BCUT2D eigenvalue weighted by Crippen LogP contribution is -2.41. The highest BCUT2D eigenvalue weighted by molar-refractivity contribution is 5.92. The number of H-pyrrole nitrogens is 1. The second kappa shape index (κ2) is 6.79. The van der Waals surface area contributed by atoms with E-state index in [0.29, 0.717) is 18.7 Å². The third-order valence-corrected chi connectivity index (χ3v) is 4.14. The molecule has 126 valence electrons. The van der Waals surface area contributed by atoms with Gasteiger partial charge in [0.2, 0.25) is 5.88 Å². The van der Waals surface area contributed by atoms with Crippen molar-refractivity contribution >= 4 is 5.91 Å². The summed E-state index contributed by atoms with van der Waals surface area (Å²) in [6, 6.07) is 3.26. The summed E-state index contributed by atoms with van der Waals surface area (Å²) in [4.78, 5) is 33.9. The van der Waals surface area contributed by atoms with Gasteiger partial charge in [0.1, 0.15) is 5.69 Å². The van der Waals surface area contributed by atoms with Crippen LogP contribution in [0.1, 0.15) is 34.9 Å². The van der Waals surface area contributed by atoms with E-state index in [0.717, 1.165) is 11.8 Å². The lowest BCUT2D eigenvalue weighted by molar-refractivity contribution is 0.0234. The number of aliphatic hydroxyl groups excluding tert-OH is 1. The SMILES string of the molecule is COc1ccc([C@@H](NC(=O)c2c[nH]c(=O)cn2)C2CC(O)C2)cn1. The number of rotatable bonds is 5. The normalized spacial score (nSPS) is 20.8. The van der Waals surface area contributed by atoms with Crippen LogP contribution in [0.25, 0.3) is 0 Å². The van der Waals surface area contributed by atoms with Crippen molar-refractivity contribution < 1.29 is 14.6 Å². The third kappa shape index (κ3) is 3.43. The van der Waals surface area contributed by atoms with Crippen molar-refractivity contribution in [3.05, 3.63) is 52.3 Å². The van der Waals surface area contributed by atoms with Gasteiger partial charge in [-0.2, -0.15) is 0 Å². The summed E-state index contributed by atoms with van der Waals surface area (Å²) in [5.41, 5.74) is 0.580. The Labute approximate surface area is 137 Å². The average molecular weight is 330 g/mol. The van der Waals surface area contributed by atoms with Crippen molar-refractivity contribution in [3.8, 4) is 5.88 Å². The number of nitrogens with one attached hydrogen (secondary N) is 2. The van der Waals surface area contributed by atoms with Gasteiger partial charge in [-0.05, 0) is 24.3 Å². The highest BCUT2D eigenvalue weighted by atomic mass is 16.5. The van der Waals surface area contributed by atoms with Gasteiger partial charge in [-0.1, -0.05) is 6.07 Å². The van der Waals surface area contributed by atoms with Gasteiger partial charge in [-0.15, -0.1) is 0 Å². The first-order valence-corrected chi connectivity index (χ1v) is 7.60. The average Bonchev–Trinajstić information content (AvgIpc) is 2.58. The van der Waals surface area contributed by atoms with Crippen LogP contribution in [0.3, 0.4) is 0 Å². The Morgan fingerprint density at radius 3 is 2.71 bits per heavy atom. The second-order valence-electron chi connectivity index (χ2n) is 5.77. The fraction of sp³-hybridized carbons (Fsp3) is 0.375. The summed E-state index contributed by atoms with van der Waals surface area (Å²) < 4.78 is 5.05. The topological polar surface area (TPSA) is 117 Å². The van der Waals surface area contributed by atoms with Crippen LogP contribution in [-0.2, 0) is 0 Å². The molecule has 0 spiro atoms. The molecule has 1 amide bonds. The minimum Gasteiger partial charge on any atom is -0.481 e. The number of amides is 1. The quantitative estimate of drug-likeness (QED) is 0.731. The monoisotopic (exact) mass is 330 g/mol. The van der Waals surface area contributed by atoms with Gasteiger partial charge in [0.15, 0.2) is 0 Å². The zero-order valence-corrected chi connectivity index (χ0v) is 13.1. The van der Waals surface area contributed by atoms with Gasteiger partial charge in [0.25, 0.3) is 11.5 Å². The lowest BCUT2D eigenvalue weighted by Gasteiger charge is -2.38. The number of carbonyl (C=O) groups is 1. The maximum absolute atomic E-state index is 12.4. The first-order chi connectivity index (χ1) is 11.6. The van der Waals surface area contributed by atoms with Crippen molar-refractivity contribution in [2.24, 2.45) is 5.92 Å². The van der Waals surface area contributed by atoms with E-state index in [1.165, 1.54) is 13.3 Å². The molecule has 1 saturated carbocycles. The fourth-order valence-corrected chi connectivity index (χ4v) is 2.75. The maximum atomic E-state index is 12.4. The molecular formula is C16H18N4O4. The molecule has 8 heteroatoms. The Balaban J connectivity index is 1.80. The number of aliphatic hydroxyl groups is 1. The first-order valence-electron chi connectivity index (χ1n) is 7.60. The molecule has 24 heavy (non-hydrogen) atoms. The van der Waals surface area contributed by atoms with Crippen LogP contribution in [0.15, 0.2) is 35.5 Å². The minimum absolute atomic E-state index is 0.113. The molecule has 1 aliphatic carbocycles. The number of pyridine rings is 1. The summed E-state index contributed by atoms with van der Waals surface area (Å²) in [7, 11) is 1.53. The maximum Gasteiger partial charge on any atom is 0.271 e. The summed E-state index contributed by atoms with van der Waals surface area (Å²) in [5.74, 6) is 0.204. The molecule has 2 aromatic heterocycles. The van der Waals surface area contributed by atoms with Crippen molar-refractivity contribution in [2.75, 3.05) is 7.11 Å². The van der Waals surface area contributed by atoms with Crippen LogP contribution >= 0.6 is 0 Å². The van der Waals surface area contributed by atoms with E-state index >= 15 is 0 Å². The van der Waals surface area contributed by atoms with E-state index in [9.17, 15) is 14.7 Å². The highest BCUT2D eigenvalue weighted by Gasteiger charge is 2.36. The van der Waals surface area contributed by atoms with Gasteiger partial charge >= 0.3 is 0 Å². The van der Waals surface area contributed by atoms with Crippen LogP contribution < -0.4 is 15.6 Å². The number of aromatic amines is 1. The van der Waals surface area contributed by atoms with E-state index in [2.05, 4.69) is 20.3 Å². The van der Waals surface area contributed by atoms with Crippen LogP contribution in [0, 0.1) is 5.92 Å². The number of methoxy groups -OCH3 is 1. The number of hydrogen-bond acceptors (Lipinski definition) is 6. The number of nitrogens with zero attached hydrogens (tertiary/aromatic N) is 2. The molecule has 2 heterocycles. The van der Waals surface area contributed by atoms with E-state index in [-0.39, 0.29) is 29.3 Å². The highest BCUT2D eigenvalue weighted by Crippen LogP contribution is 2.38. The van der Waals surface area contributed by atoms with Gasteiger partial charge in [0, 0.05) is 18.5 Å². The van der Waals surface area contributed by atoms with Gasteiger partial charge in [-0.25, -0.2) is 9.97 Å². The van der Waals surface area contributed by atoms with E-state index in [1.807, 2.05) is 6.07 Å². The number of ether oxygens (including phenoxy) is 1. The van der Waals surface area contributed by atoms with Crippen LogP contribution in [0.4, 0.5) is 0 Å². The molecular weight excluding hydrogens is 312 g/mol. The predicted octanol–water partition coefficient (Wildman–Crippen LogP) is 0.415. The van der Waals surface area contributed by atoms with Crippen LogP contribution in [-0.4, -0.2) is 39.2 Å². The van der Waals surface area contributed by atoms with Crippen molar-refractivity contribution in [3.63, 3.8) is 0 Å². The largest absolute Gasteiger partial charge is 0.481 e. The lowest BCUT2D eigenvalue weighted by atomic mass is 9.75. The van der Waals surface area contributed by atoms with E-state index in [1.54, 1.807) is 12.3 Å². The molecule has 0 bridgehead atoms.